The lowest BCUT2D eigenvalue weighted by Crippen LogP contribution is -2.02. The summed E-state index contributed by atoms with van der Waals surface area (Å²) in [6.45, 7) is 0. The van der Waals surface area contributed by atoms with Gasteiger partial charge >= 0.3 is 5.63 Å². The highest BCUT2D eigenvalue weighted by Crippen LogP contribution is 2.35. The Morgan fingerprint density at radius 3 is 2.80 bits per heavy atom. The molecule has 0 aliphatic carbocycles. The van der Waals surface area contributed by atoms with E-state index in [4.69, 9.17) is 20.8 Å². The SMILES string of the molecule is COc1ccc(Cl)cc1-c1csc(-c2cc3ccccc3oc2=O)n1. The van der Waals surface area contributed by atoms with Gasteiger partial charge in [0.25, 0.3) is 0 Å². The quantitative estimate of drug-likeness (QED) is 0.463. The van der Waals surface area contributed by atoms with Crippen LogP contribution in [-0.2, 0) is 0 Å². The number of para-hydroxylation sites is 1. The first-order chi connectivity index (χ1) is 12.2. The number of thiazole rings is 1. The average Bonchev–Trinajstić information content (AvgIpc) is 3.10. The van der Waals surface area contributed by atoms with Crippen LogP contribution >= 0.6 is 22.9 Å². The minimum Gasteiger partial charge on any atom is -0.496 e. The lowest BCUT2D eigenvalue weighted by Gasteiger charge is -2.06. The first-order valence-corrected chi connectivity index (χ1v) is 8.74. The van der Waals surface area contributed by atoms with E-state index in [0.717, 1.165) is 10.9 Å². The lowest BCUT2D eigenvalue weighted by atomic mass is 10.1. The van der Waals surface area contributed by atoms with Gasteiger partial charge in [0.2, 0.25) is 0 Å². The summed E-state index contributed by atoms with van der Waals surface area (Å²) in [5.74, 6) is 0.673. The van der Waals surface area contributed by atoms with Crippen LogP contribution in [0.15, 0.2) is 63.1 Å². The predicted molar refractivity (Wildman–Crippen MR) is 101 cm³/mol. The summed E-state index contributed by atoms with van der Waals surface area (Å²) in [5, 5.41) is 3.92. The van der Waals surface area contributed by atoms with Crippen molar-refractivity contribution in [1.29, 1.82) is 0 Å². The summed E-state index contributed by atoms with van der Waals surface area (Å²) in [6.07, 6.45) is 0. The summed E-state index contributed by atoms with van der Waals surface area (Å²) in [6, 6.07) is 14.5. The molecule has 2 aromatic carbocycles. The molecule has 4 aromatic rings. The third-order valence-corrected chi connectivity index (χ3v) is 4.92. The second kappa shape index (κ2) is 6.35. The minimum atomic E-state index is -0.405. The van der Waals surface area contributed by atoms with E-state index in [1.54, 1.807) is 37.4 Å². The molecule has 4 nitrogen and oxygen atoms in total. The Hall–Kier alpha value is -2.63. The number of halogens is 1. The van der Waals surface area contributed by atoms with Crippen LogP contribution in [0.5, 0.6) is 5.75 Å². The van der Waals surface area contributed by atoms with Crippen molar-refractivity contribution in [2.45, 2.75) is 0 Å². The van der Waals surface area contributed by atoms with Gasteiger partial charge in [0.1, 0.15) is 16.3 Å². The topological polar surface area (TPSA) is 52.3 Å². The molecule has 2 heterocycles. The minimum absolute atomic E-state index is 0.405. The number of nitrogens with zero attached hydrogens (tertiary/aromatic N) is 1. The van der Waals surface area contributed by atoms with Gasteiger partial charge in [-0.1, -0.05) is 29.8 Å². The number of rotatable bonds is 3. The van der Waals surface area contributed by atoms with Gasteiger partial charge in [-0.3, -0.25) is 0 Å². The van der Waals surface area contributed by atoms with E-state index >= 15 is 0 Å². The molecule has 124 valence electrons. The van der Waals surface area contributed by atoms with Gasteiger partial charge < -0.3 is 9.15 Å². The zero-order valence-corrected chi connectivity index (χ0v) is 14.7. The highest BCUT2D eigenvalue weighted by atomic mass is 35.5. The fraction of sp³-hybridized carbons (Fsp3) is 0.0526. The summed E-state index contributed by atoms with van der Waals surface area (Å²) in [4.78, 5) is 16.9. The summed E-state index contributed by atoms with van der Waals surface area (Å²) >= 11 is 7.47. The van der Waals surface area contributed by atoms with Crippen molar-refractivity contribution in [3.63, 3.8) is 0 Å². The molecule has 4 rings (SSSR count). The molecule has 0 spiro atoms. The highest BCUT2D eigenvalue weighted by molar-refractivity contribution is 7.13. The Balaban J connectivity index is 1.84. The lowest BCUT2D eigenvalue weighted by molar-refractivity contribution is 0.416. The largest absolute Gasteiger partial charge is 0.496 e. The normalized spacial score (nSPS) is 11.0. The molecule has 0 atom stereocenters. The van der Waals surface area contributed by atoms with Gasteiger partial charge in [0.15, 0.2) is 0 Å². The summed E-state index contributed by atoms with van der Waals surface area (Å²) in [5.41, 5.74) is 2.08. The Kier molecular flexibility index (Phi) is 4.03. The number of methoxy groups -OCH3 is 1. The maximum Gasteiger partial charge on any atom is 0.346 e. The Bertz CT molecular complexity index is 1130. The Morgan fingerprint density at radius 1 is 1.12 bits per heavy atom. The van der Waals surface area contributed by atoms with E-state index in [0.29, 0.717) is 32.6 Å². The molecule has 0 unspecified atom stereocenters. The molecule has 0 amide bonds. The molecule has 25 heavy (non-hydrogen) atoms. The van der Waals surface area contributed by atoms with Crippen LogP contribution in [0.1, 0.15) is 0 Å². The second-order valence-corrected chi connectivity index (χ2v) is 6.66. The molecule has 0 radical (unpaired) electrons. The number of hydrogen-bond donors (Lipinski definition) is 0. The Morgan fingerprint density at radius 2 is 1.96 bits per heavy atom. The van der Waals surface area contributed by atoms with Crippen molar-refractivity contribution in [3.8, 4) is 27.6 Å². The average molecular weight is 370 g/mol. The van der Waals surface area contributed by atoms with Gasteiger partial charge in [0.05, 0.1) is 18.4 Å². The van der Waals surface area contributed by atoms with Crippen molar-refractivity contribution < 1.29 is 9.15 Å². The van der Waals surface area contributed by atoms with Crippen molar-refractivity contribution in [3.05, 3.63) is 69.4 Å². The molecule has 0 aliphatic heterocycles. The standard InChI is InChI=1S/C19H12ClNO3S/c1-23-17-7-6-12(20)9-13(17)15-10-25-18(21-15)14-8-11-4-2-3-5-16(11)24-19(14)22/h2-10H,1H3. The third-order valence-electron chi connectivity index (χ3n) is 3.81. The number of hydrogen-bond acceptors (Lipinski definition) is 5. The number of benzene rings is 2. The van der Waals surface area contributed by atoms with Crippen molar-refractivity contribution in [1.82, 2.24) is 4.98 Å². The third kappa shape index (κ3) is 2.92. The zero-order valence-electron chi connectivity index (χ0n) is 13.2. The number of ether oxygens (including phenoxy) is 1. The van der Waals surface area contributed by atoms with Crippen LogP contribution in [0.2, 0.25) is 5.02 Å². The van der Waals surface area contributed by atoms with Gasteiger partial charge in [-0.05, 0) is 30.3 Å². The van der Waals surface area contributed by atoms with Crippen LogP contribution in [0.4, 0.5) is 0 Å². The highest BCUT2D eigenvalue weighted by Gasteiger charge is 2.15. The van der Waals surface area contributed by atoms with E-state index in [9.17, 15) is 4.79 Å². The molecule has 0 N–H and O–H groups in total. The molecule has 6 heteroatoms. The van der Waals surface area contributed by atoms with E-state index < -0.39 is 5.63 Å². The van der Waals surface area contributed by atoms with Gasteiger partial charge in [-0.15, -0.1) is 11.3 Å². The van der Waals surface area contributed by atoms with E-state index in [2.05, 4.69) is 4.98 Å². The van der Waals surface area contributed by atoms with Gasteiger partial charge in [0, 0.05) is 21.4 Å². The summed E-state index contributed by atoms with van der Waals surface area (Å²) < 4.78 is 10.8. The monoisotopic (exact) mass is 369 g/mol. The van der Waals surface area contributed by atoms with Crippen LogP contribution in [0.25, 0.3) is 32.8 Å². The fourth-order valence-electron chi connectivity index (χ4n) is 2.61. The maximum absolute atomic E-state index is 12.3. The van der Waals surface area contributed by atoms with Crippen LogP contribution in [0, 0.1) is 0 Å². The summed E-state index contributed by atoms with van der Waals surface area (Å²) in [7, 11) is 1.60. The number of fused-ring (bicyclic) bond motifs is 1. The molecule has 0 saturated heterocycles. The fourth-order valence-corrected chi connectivity index (χ4v) is 3.61. The maximum atomic E-state index is 12.3. The smallest absolute Gasteiger partial charge is 0.346 e. The molecular formula is C19H12ClNO3S. The van der Waals surface area contributed by atoms with Crippen molar-refractivity contribution >= 4 is 33.9 Å². The number of aromatic nitrogens is 1. The van der Waals surface area contributed by atoms with Gasteiger partial charge in [-0.25, -0.2) is 9.78 Å². The van der Waals surface area contributed by atoms with Crippen molar-refractivity contribution in [2.24, 2.45) is 0 Å². The molecule has 0 bridgehead atoms. The van der Waals surface area contributed by atoms with Crippen LogP contribution < -0.4 is 10.4 Å². The van der Waals surface area contributed by atoms with Crippen LogP contribution in [-0.4, -0.2) is 12.1 Å². The molecular weight excluding hydrogens is 358 g/mol. The first kappa shape index (κ1) is 15.9. The zero-order chi connectivity index (χ0) is 17.4. The molecule has 2 aromatic heterocycles. The molecule has 0 aliphatic rings. The predicted octanol–water partition coefficient (Wildman–Crippen LogP) is 5.25. The van der Waals surface area contributed by atoms with E-state index in [-0.39, 0.29) is 0 Å². The molecule has 0 fully saturated rings. The second-order valence-electron chi connectivity index (χ2n) is 5.37. The van der Waals surface area contributed by atoms with Crippen LogP contribution in [0.3, 0.4) is 0 Å². The van der Waals surface area contributed by atoms with E-state index in [1.807, 2.05) is 23.6 Å². The van der Waals surface area contributed by atoms with Gasteiger partial charge in [-0.2, -0.15) is 0 Å². The van der Waals surface area contributed by atoms with Crippen molar-refractivity contribution in [2.75, 3.05) is 7.11 Å². The Labute approximate surface area is 152 Å². The first-order valence-electron chi connectivity index (χ1n) is 7.48. The molecule has 0 saturated carbocycles. The van der Waals surface area contributed by atoms with E-state index in [1.165, 1.54) is 11.3 Å².